The Labute approximate surface area is 157 Å². The van der Waals surface area contributed by atoms with E-state index < -0.39 is 11.6 Å². The van der Waals surface area contributed by atoms with Crippen LogP contribution in [0.15, 0.2) is 60.0 Å². The number of carbonyl (C=O) groups excluding carboxylic acids is 1. The Hall–Kier alpha value is -3.17. The van der Waals surface area contributed by atoms with E-state index in [-0.39, 0.29) is 42.3 Å². The number of allylic oxidation sites excluding steroid dienone is 2. The van der Waals surface area contributed by atoms with E-state index >= 15 is 0 Å². The third-order valence-corrected chi connectivity index (χ3v) is 3.66. The summed E-state index contributed by atoms with van der Waals surface area (Å²) in [5.74, 6) is -1.68. The van der Waals surface area contributed by atoms with Crippen LogP contribution in [0, 0.1) is 17.1 Å². The first-order chi connectivity index (χ1) is 13.0. The van der Waals surface area contributed by atoms with Gasteiger partial charge >= 0.3 is 0 Å². The minimum atomic E-state index is -0.668. The summed E-state index contributed by atoms with van der Waals surface area (Å²) in [5, 5.41) is 18.9. The molecule has 2 aromatic carbocycles. The highest BCUT2D eigenvalue weighted by Crippen LogP contribution is 2.21. The molecule has 2 rings (SSSR count). The van der Waals surface area contributed by atoms with Gasteiger partial charge in [-0.2, -0.15) is 5.26 Å². The zero-order valence-corrected chi connectivity index (χ0v) is 14.9. The van der Waals surface area contributed by atoms with Crippen molar-refractivity contribution in [2.75, 3.05) is 6.61 Å². The molecule has 27 heavy (non-hydrogen) atoms. The van der Waals surface area contributed by atoms with Gasteiger partial charge < -0.3 is 14.6 Å². The summed E-state index contributed by atoms with van der Waals surface area (Å²) in [5.41, 5.74) is 1.04. The first kappa shape index (κ1) is 20.1. The highest BCUT2D eigenvalue weighted by molar-refractivity contribution is 5.94. The van der Waals surface area contributed by atoms with Gasteiger partial charge in [-0.05, 0) is 17.7 Å². The first-order valence-electron chi connectivity index (χ1n) is 8.49. The number of benzene rings is 2. The van der Waals surface area contributed by atoms with E-state index in [4.69, 9.17) is 14.7 Å². The van der Waals surface area contributed by atoms with Crippen LogP contribution in [-0.4, -0.2) is 17.5 Å². The van der Waals surface area contributed by atoms with E-state index in [9.17, 15) is 14.3 Å². The Morgan fingerprint density at radius 2 is 1.96 bits per heavy atom. The number of hydrogen-bond acceptors (Lipinski definition) is 5. The smallest absolute Gasteiger partial charge is 0.207 e. The van der Waals surface area contributed by atoms with Crippen LogP contribution in [0.25, 0.3) is 0 Å². The Kier molecular flexibility index (Phi) is 7.53. The zero-order valence-electron chi connectivity index (χ0n) is 14.9. The van der Waals surface area contributed by atoms with Crippen molar-refractivity contribution < 1.29 is 23.8 Å². The minimum absolute atomic E-state index is 0.00729. The minimum Gasteiger partial charge on any atom is -0.508 e. The molecule has 0 aromatic heterocycles. The van der Waals surface area contributed by atoms with Crippen LogP contribution in [0.3, 0.4) is 0 Å². The highest BCUT2D eigenvalue weighted by Gasteiger charge is 2.18. The maximum Gasteiger partial charge on any atom is 0.207 e. The van der Waals surface area contributed by atoms with E-state index in [1.165, 1.54) is 6.07 Å². The van der Waals surface area contributed by atoms with Gasteiger partial charge in [0.25, 0.3) is 0 Å². The number of hydrogen-bond donors (Lipinski definition) is 1. The van der Waals surface area contributed by atoms with Crippen molar-refractivity contribution in [2.24, 2.45) is 0 Å². The summed E-state index contributed by atoms with van der Waals surface area (Å²) in [4.78, 5) is 12.4. The average molecular weight is 369 g/mol. The number of aliphatic hydroxyl groups is 1. The Morgan fingerprint density at radius 3 is 2.63 bits per heavy atom. The van der Waals surface area contributed by atoms with Gasteiger partial charge in [-0.25, -0.2) is 4.39 Å². The molecule has 140 valence electrons. The Balaban J connectivity index is 2.00. The molecule has 0 amide bonds. The molecule has 0 atom stereocenters. The largest absolute Gasteiger partial charge is 0.508 e. The van der Waals surface area contributed by atoms with Crippen molar-refractivity contribution >= 4 is 5.78 Å². The van der Waals surface area contributed by atoms with Crippen LogP contribution in [-0.2, 0) is 16.1 Å². The van der Waals surface area contributed by atoms with Crippen molar-refractivity contribution in [3.8, 4) is 11.8 Å². The maximum absolute atomic E-state index is 13.5. The SMILES string of the molecule is CC/C(O)=C(\Oc1cc(F)cc(C#N)c1)C(=O)CCOCc1ccccc1. The molecular weight excluding hydrogens is 349 g/mol. The molecule has 1 N–H and O–H groups in total. The first-order valence-corrected chi connectivity index (χ1v) is 8.49. The number of nitriles is 1. The zero-order chi connectivity index (χ0) is 19.6. The second-order valence-electron chi connectivity index (χ2n) is 5.73. The van der Waals surface area contributed by atoms with Gasteiger partial charge in [0.15, 0.2) is 0 Å². The second-order valence-corrected chi connectivity index (χ2v) is 5.73. The number of aliphatic hydroxyl groups excluding tert-OH is 1. The lowest BCUT2D eigenvalue weighted by Gasteiger charge is -2.12. The lowest BCUT2D eigenvalue weighted by Crippen LogP contribution is -2.15. The molecule has 2 aromatic rings. The standard InChI is InChI=1S/C21H20FNO4/c1-2-19(24)21(27-18-11-16(13-23)10-17(22)12-18)20(25)8-9-26-14-15-6-4-3-5-7-15/h3-7,10-12,24H,2,8-9,14H2,1H3/b21-19+. The van der Waals surface area contributed by atoms with E-state index in [0.29, 0.717) is 6.61 Å². The molecule has 0 radical (unpaired) electrons. The third-order valence-electron chi connectivity index (χ3n) is 3.66. The fourth-order valence-corrected chi connectivity index (χ4v) is 2.28. The van der Waals surface area contributed by atoms with Gasteiger partial charge in [-0.1, -0.05) is 37.3 Å². The number of rotatable bonds is 9. The molecule has 0 heterocycles. The van der Waals surface area contributed by atoms with Crippen molar-refractivity contribution in [1.82, 2.24) is 0 Å². The molecular formula is C21H20FNO4. The van der Waals surface area contributed by atoms with Crippen molar-refractivity contribution in [1.29, 1.82) is 5.26 Å². The van der Waals surface area contributed by atoms with Crippen molar-refractivity contribution in [3.05, 3.63) is 77.0 Å². The number of halogens is 1. The fourth-order valence-electron chi connectivity index (χ4n) is 2.28. The average Bonchev–Trinajstić information content (AvgIpc) is 2.69. The predicted molar refractivity (Wildman–Crippen MR) is 97.4 cm³/mol. The van der Waals surface area contributed by atoms with Crippen LogP contribution in [0.2, 0.25) is 0 Å². The summed E-state index contributed by atoms with van der Waals surface area (Å²) in [7, 11) is 0. The highest BCUT2D eigenvalue weighted by atomic mass is 19.1. The second kappa shape index (κ2) is 10.1. The topological polar surface area (TPSA) is 79.5 Å². The summed E-state index contributed by atoms with van der Waals surface area (Å²) >= 11 is 0. The molecule has 0 saturated heterocycles. The number of ether oxygens (including phenoxy) is 2. The summed E-state index contributed by atoms with van der Waals surface area (Å²) in [6.45, 7) is 2.16. The molecule has 0 saturated carbocycles. The third kappa shape index (κ3) is 6.24. The molecule has 5 nitrogen and oxygen atoms in total. The quantitative estimate of drug-likeness (QED) is 0.402. The molecule has 0 fully saturated rings. The van der Waals surface area contributed by atoms with Crippen molar-refractivity contribution in [2.45, 2.75) is 26.4 Å². The number of ketones is 1. The van der Waals surface area contributed by atoms with Gasteiger partial charge in [0.2, 0.25) is 11.5 Å². The lowest BCUT2D eigenvalue weighted by molar-refractivity contribution is -0.119. The molecule has 0 spiro atoms. The normalized spacial score (nSPS) is 11.4. The van der Waals surface area contributed by atoms with Crippen LogP contribution >= 0.6 is 0 Å². The summed E-state index contributed by atoms with van der Waals surface area (Å²) in [6.07, 6.45) is 0.166. The van der Waals surface area contributed by atoms with Gasteiger partial charge in [-0.3, -0.25) is 4.79 Å². The van der Waals surface area contributed by atoms with E-state index in [1.807, 2.05) is 36.4 Å². The van der Waals surface area contributed by atoms with Crippen LogP contribution in [0.4, 0.5) is 4.39 Å². The number of nitrogens with zero attached hydrogens (tertiary/aromatic N) is 1. The van der Waals surface area contributed by atoms with E-state index in [0.717, 1.165) is 17.7 Å². The monoisotopic (exact) mass is 369 g/mol. The van der Waals surface area contributed by atoms with Crippen LogP contribution < -0.4 is 4.74 Å². The molecule has 0 unspecified atom stereocenters. The fraction of sp³-hybridized carbons (Fsp3) is 0.238. The Morgan fingerprint density at radius 1 is 1.22 bits per heavy atom. The summed E-state index contributed by atoms with van der Waals surface area (Å²) in [6, 6.07) is 14.7. The number of Topliss-reactive ketones (excluding diaryl/α,β-unsaturated/α-hetero) is 1. The van der Waals surface area contributed by atoms with Gasteiger partial charge in [0.05, 0.1) is 24.8 Å². The predicted octanol–water partition coefficient (Wildman–Crippen LogP) is 4.43. The van der Waals surface area contributed by atoms with Crippen LogP contribution in [0.5, 0.6) is 5.75 Å². The molecule has 0 bridgehead atoms. The van der Waals surface area contributed by atoms with E-state index in [1.54, 1.807) is 6.92 Å². The van der Waals surface area contributed by atoms with Crippen molar-refractivity contribution in [3.63, 3.8) is 0 Å². The van der Waals surface area contributed by atoms with Gasteiger partial charge in [-0.15, -0.1) is 0 Å². The summed E-state index contributed by atoms with van der Waals surface area (Å²) < 4.78 is 24.4. The number of carbonyl (C=O) groups is 1. The maximum atomic E-state index is 13.5. The van der Waals surface area contributed by atoms with Crippen LogP contribution in [0.1, 0.15) is 30.9 Å². The molecule has 6 heteroatoms. The Bertz CT molecular complexity index is 856. The lowest BCUT2D eigenvalue weighted by atomic mass is 10.2. The van der Waals surface area contributed by atoms with Gasteiger partial charge in [0.1, 0.15) is 17.3 Å². The molecule has 0 aliphatic carbocycles. The molecule has 0 aliphatic rings. The van der Waals surface area contributed by atoms with E-state index in [2.05, 4.69) is 0 Å². The van der Waals surface area contributed by atoms with Gasteiger partial charge in [0, 0.05) is 18.9 Å². The molecule has 0 aliphatic heterocycles.